The Morgan fingerprint density at radius 2 is 1.55 bits per heavy atom. The first-order valence-corrected chi connectivity index (χ1v) is 10.6. The molecule has 1 aromatic heterocycles. The van der Waals surface area contributed by atoms with E-state index in [0.29, 0.717) is 19.0 Å². The molecular weight excluding hydrogens is 360 g/mol. The molecule has 1 saturated heterocycles. The SMILES string of the molecule is Cc1nc(C)c(C(C)C)c(N2CCN(C(=O)c3ccc(C(C)(C)C)cc3)CC2)n1. The molecule has 0 bridgehead atoms. The Morgan fingerprint density at radius 3 is 2.07 bits per heavy atom. The monoisotopic (exact) mass is 394 g/mol. The lowest BCUT2D eigenvalue weighted by Crippen LogP contribution is -2.49. The highest BCUT2D eigenvalue weighted by Crippen LogP contribution is 2.29. The molecule has 29 heavy (non-hydrogen) atoms. The fourth-order valence-corrected chi connectivity index (χ4v) is 4.04. The molecule has 3 rings (SSSR count). The number of anilines is 1. The molecule has 0 spiro atoms. The van der Waals surface area contributed by atoms with Crippen LogP contribution in [0, 0.1) is 13.8 Å². The van der Waals surface area contributed by atoms with Crippen molar-refractivity contribution >= 4 is 11.7 Å². The summed E-state index contributed by atoms with van der Waals surface area (Å²) in [4.78, 5) is 26.5. The van der Waals surface area contributed by atoms with Crippen molar-refractivity contribution in [1.29, 1.82) is 0 Å². The van der Waals surface area contributed by atoms with Gasteiger partial charge in [-0.2, -0.15) is 0 Å². The van der Waals surface area contributed by atoms with Crippen molar-refractivity contribution in [3.8, 4) is 0 Å². The van der Waals surface area contributed by atoms with Crippen molar-refractivity contribution in [2.75, 3.05) is 31.1 Å². The number of hydrogen-bond acceptors (Lipinski definition) is 4. The number of benzene rings is 1. The Hall–Kier alpha value is -2.43. The van der Waals surface area contributed by atoms with Crippen LogP contribution in [0.15, 0.2) is 24.3 Å². The highest BCUT2D eigenvalue weighted by Gasteiger charge is 2.26. The van der Waals surface area contributed by atoms with E-state index in [-0.39, 0.29) is 11.3 Å². The lowest BCUT2D eigenvalue weighted by molar-refractivity contribution is 0.0746. The first-order valence-electron chi connectivity index (χ1n) is 10.6. The average molecular weight is 395 g/mol. The number of amides is 1. The van der Waals surface area contributed by atoms with E-state index in [9.17, 15) is 4.79 Å². The first kappa shape index (κ1) is 21.3. The second-order valence-electron chi connectivity index (χ2n) is 9.35. The zero-order valence-corrected chi connectivity index (χ0v) is 18.9. The van der Waals surface area contributed by atoms with Crippen LogP contribution in [0.3, 0.4) is 0 Å². The number of rotatable bonds is 3. The van der Waals surface area contributed by atoms with E-state index in [4.69, 9.17) is 4.98 Å². The molecule has 0 unspecified atom stereocenters. The predicted molar refractivity (Wildman–Crippen MR) is 119 cm³/mol. The van der Waals surface area contributed by atoms with E-state index in [1.807, 2.05) is 24.0 Å². The third kappa shape index (κ3) is 4.60. The Kier molecular flexibility index (Phi) is 5.97. The Balaban J connectivity index is 1.72. The minimum atomic E-state index is 0.0924. The number of aryl methyl sites for hydroxylation is 2. The molecule has 1 fully saturated rings. The molecule has 0 saturated carbocycles. The van der Waals surface area contributed by atoms with Crippen molar-refractivity contribution in [1.82, 2.24) is 14.9 Å². The maximum absolute atomic E-state index is 13.0. The minimum absolute atomic E-state index is 0.0924. The summed E-state index contributed by atoms with van der Waals surface area (Å²) in [5.74, 6) is 2.32. The zero-order chi connectivity index (χ0) is 21.3. The molecule has 0 aliphatic carbocycles. The van der Waals surface area contributed by atoms with E-state index in [0.717, 1.165) is 36.0 Å². The van der Waals surface area contributed by atoms with Gasteiger partial charge >= 0.3 is 0 Å². The maximum atomic E-state index is 13.0. The van der Waals surface area contributed by atoms with E-state index in [2.05, 4.69) is 63.6 Å². The van der Waals surface area contributed by atoms with Gasteiger partial charge in [-0.3, -0.25) is 4.79 Å². The van der Waals surface area contributed by atoms with Crippen molar-refractivity contribution in [2.24, 2.45) is 0 Å². The normalized spacial score (nSPS) is 15.2. The van der Waals surface area contributed by atoms with Crippen LogP contribution >= 0.6 is 0 Å². The molecule has 5 heteroatoms. The van der Waals surface area contributed by atoms with E-state index < -0.39 is 0 Å². The number of carbonyl (C=O) groups excluding carboxylic acids is 1. The third-order valence-electron chi connectivity index (χ3n) is 5.67. The highest BCUT2D eigenvalue weighted by molar-refractivity contribution is 5.94. The molecule has 0 radical (unpaired) electrons. The van der Waals surface area contributed by atoms with Gasteiger partial charge in [0, 0.05) is 43.0 Å². The lowest BCUT2D eigenvalue weighted by Gasteiger charge is -2.37. The summed E-state index contributed by atoms with van der Waals surface area (Å²) in [6, 6.07) is 8.07. The summed E-state index contributed by atoms with van der Waals surface area (Å²) in [5, 5.41) is 0. The molecule has 1 aromatic carbocycles. The lowest BCUT2D eigenvalue weighted by atomic mass is 9.86. The topological polar surface area (TPSA) is 49.3 Å². The van der Waals surface area contributed by atoms with Gasteiger partial charge < -0.3 is 9.80 Å². The molecule has 1 aliphatic rings. The summed E-state index contributed by atoms with van der Waals surface area (Å²) < 4.78 is 0. The van der Waals surface area contributed by atoms with Crippen LogP contribution in [0.25, 0.3) is 0 Å². The molecular formula is C24H34N4O. The fraction of sp³-hybridized carbons (Fsp3) is 0.542. The summed E-state index contributed by atoms with van der Waals surface area (Å²) in [5.41, 5.74) is 4.38. The number of carbonyl (C=O) groups is 1. The summed E-state index contributed by atoms with van der Waals surface area (Å²) in [6.45, 7) is 17.9. The van der Waals surface area contributed by atoms with Crippen LogP contribution in [-0.2, 0) is 5.41 Å². The second-order valence-corrected chi connectivity index (χ2v) is 9.35. The average Bonchev–Trinajstić information content (AvgIpc) is 2.66. The van der Waals surface area contributed by atoms with Crippen LogP contribution < -0.4 is 4.90 Å². The van der Waals surface area contributed by atoms with Gasteiger partial charge in [-0.25, -0.2) is 9.97 Å². The fourth-order valence-electron chi connectivity index (χ4n) is 4.04. The van der Waals surface area contributed by atoms with Gasteiger partial charge in [0.15, 0.2) is 0 Å². The van der Waals surface area contributed by atoms with E-state index >= 15 is 0 Å². The third-order valence-corrected chi connectivity index (χ3v) is 5.67. The molecule has 2 heterocycles. The molecule has 1 amide bonds. The summed E-state index contributed by atoms with van der Waals surface area (Å²) in [6.07, 6.45) is 0. The largest absolute Gasteiger partial charge is 0.353 e. The Bertz CT molecular complexity index is 873. The van der Waals surface area contributed by atoms with Crippen LogP contribution in [-0.4, -0.2) is 47.0 Å². The quantitative estimate of drug-likeness (QED) is 0.770. The van der Waals surface area contributed by atoms with Crippen molar-refractivity contribution in [3.63, 3.8) is 0 Å². The molecule has 2 aromatic rings. The standard InChI is InChI=1S/C24H34N4O/c1-16(2)21-17(3)25-18(4)26-22(21)27-12-14-28(15-13-27)23(29)19-8-10-20(11-9-19)24(5,6)7/h8-11,16H,12-15H2,1-7H3. The van der Waals surface area contributed by atoms with Gasteiger partial charge in [0.2, 0.25) is 0 Å². The Morgan fingerprint density at radius 1 is 0.966 bits per heavy atom. The number of nitrogens with zero attached hydrogens (tertiary/aromatic N) is 4. The molecule has 156 valence electrons. The summed E-state index contributed by atoms with van der Waals surface area (Å²) >= 11 is 0. The van der Waals surface area contributed by atoms with Crippen LogP contribution in [0.1, 0.15) is 73.5 Å². The minimum Gasteiger partial charge on any atom is -0.353 e. The maximum Gasteiger partial charge on any atom is 0.253 e. The molecule has 5 nitrogen and oxygen atoms in total. The van der Waals surface area contributed by atoms with E-state index in [1.54, 1.807) is 0 Å². The summed E-state index contributed by atoms with van der Waals surface area (Å²) in [7, 11) is 0. The Labute approximate surface area is 175 Å². The van der Waals surface area contributed by atoms with Gasteiger partial charge in [0.25, 0.3) is 5.91 Å². The number of aromatic nitrogens is 2. The molecule has 0 atom stereocenters. The molecule has 0 N–H and O–H groups in total. The highest BCUT2D eigenvalue weighted by atomic mass is 16.2. The predicted octanol–water partition coefficient (Wildman–Crippen LogP) is 4.48. The molecule has 1 aliphatic heterocycles. The number of piperazine rings is 1. The van der Waals surface area contributed by atoms with Crippen LogP contribution in [0.5, 0.6) is 0 Å². The van der Waals surface area contributed by atoms with Gasteiger partial charge in [-0.05, 0) is 42.9 Å². The van der Waals surface area contributed by atoms with Crippen molar-refractivity contribution < 1.29 is 4.79 Å². The van der Waals surface area contributed by atoms with Gasteiger partial charge in [-0.15, -0.1) is 0 Å². The van der Waals surface area contributed by atoms with Crippen LogP contribution in [0.4, 0.5) is 5.82 Å². The van der Waals surface area contributed by atoms with Gasteiger partial charge in [-0.1, -0.05) is 46.8 Å². The van der Waals surface area contributed by atoms with Gasteiger partial charge in [0.05, 0.1) is 0 Å². The smallest absolute Gasteiger partial charge is 0.253 e. The number of hydrogen-bond donors (Lipinski definition) is 0. The van der Waals surface area contributed by atoms with Crippen molar-refractivity contribution in [3.05, 3.63) is 52.5 Å². The second kappa shape index (κ2) is 8.13. The van der Waals surface area contributed by atoms with Crippen LogP contribution in [0.2, 0.25) is 0 Å². The van der Waals surface area contributed by atoms with Crippen molar-refractivity contribution in [2.45, 2.75) is 59.8 Å². The van der Waals surface area contributed by atoms with Gasteiger partial charge in [0.1, 0.15) is 11.6 Å². The first-order chi connectivity index (χ1) is 13.6. The van der Waals surface area contributed by atoms with E-state index in [1.165, 1.54) is 11.1 Å². The zero-order valence-electron chi connectivity index (χ0n) is 18.9.